The second-order valence-corrected chi connectivity index (χ2v) is 5.08. The number of halogens is 1. The molecule has 0 aliphatic heterocycles. The van der Waals surface area contributed by atoms with E-state index in [0.717, 1.165) is 28.9 Å². The molecule has 0 heterocycles. The maximum absolute atomic E-state index is 13.2. The van der Waals surface area contributed by atoms with E-state index in [2.05, 4.69) is 0 Å². The van der Waals surface area contributed by atoms with Crippen LogP contribution in [0, 0.1) is 5.82 Å². The summed E-state index contributed by atoms with van der Waals surface area (Å²) in [6.07, 6.45) is 3.23. The number of allylic oxidation sites excluding steroid dienone is 1. The molecule has 3 heteroatoms. The fraction of sp³-hybridized carbons (Fsp3) is 0.167. The average molecular weight is 282 g/mol. The first-order chi connectivity index (χ1) is 10.2. The highest BCUT2D eigenvalue weighted by atomic mass is 19.1. The van der Waals surface area contributed by atoms with E-state index in [4.69, 9.17) is 4.74 Å². The van der Waals surface area contributed by atoms with Gasteiger partial charge in [-0.1, -0.05) is 12.1 Å². The predicted molar refractivity (Wildman–Crippen MR) is 80.0 cm³/mol. The van der Waals surface area contributed by atoms with Gasteiger partial charge < -0.3 is 4.74 Å². The van der Waals surface area contributed by atoms with Crippen molar-refractivity contribution in [3.05, 3.63) is 70.5 Å². The molecule has 0 aromatic heterocycles. The largest absolute Gasteiger partial charge is 0.497 e. The van der Waals surface area contributed by atoms with Gasteiger partial charge in [-0.15, -0.1) is 0 Å². The molecule has 106 valence electrons. The second kappa shape index (κ2) is 5.52. The molecular weight excluding hydrogens is 267 g/mol. The summed E-state index contributed by atoms with van der Waals surface area (Å²) in [5.74, 6) is 0.486. The van der Waals surface area contributed by atoms with Crippen LogP contribution in [0.2, 0.25) is 0 Å². The Labute approximate surface area is 122 Å². The number of ether oxygens (including phenoxy) is 1. The van der Waals surface area contributed by atoms with Crippen molar-refractivity contribution in [1.82, 2.24) is 0 Å². The van der Waals surface area contributed by atoms with Gasteiger partial charge in [0, 0.05) is 11.1 Å². The molecule has 0 radical (unpaired) electrons. The van der Waals surface area contributed by atoms with E-state index in [-0.39, 0.29) is 11.6 Å². The number of carbonyl (C=O) groups is 1. The Morgan fingerprint density at radius 3 is 2.76 bits per heavy atom. The molecule has 2 aromatic rings. The third kappa shape index (κ3) is 2.72. The van der Waals surface area contributed by atoms with Gasteiger partial charge in [-0.3, -0.25) is 4.79 Å². The number of benzene rings is 2. The van der Waals surface area contributed by atoms with Gasteiger partial charge in [-0.25, -0.2) is 4.39 Å². The van der Waals surface area contributed by atoms with Crippen LogP contribution in [0.5, 0.6) is 5.75 Å². The molecule has 1 aliphatic rings. The number of hydrogen-bond acceptors (Lipinski definition) is 2. The van der Waals surface area contributed by atoms with Crippen LogP contribution >= 0.6 is 0 Å². The van der Waals surface area contributed by atoms with E-state index in [1.165, 1.54) is 12.1 Å². The molecule has 21 heavy (non-hydrogen) atoms. The number of rotatable bonds is 2. The van der Waals surface area contributed by atoms with Crippen LogP contribution in [-0.4, -0.2) is 12.9 Å². The molecule has 2 nitrogen and oxygen atoms in total. The van der Waals surface area contributed by atoms with Crippen LogP contribution in [0.15, 0.2) is 48.0 Å². The fourth-order valence-electron chi connectivity index (χ4n) is 2.62. The zero-order chi connectivity index (χ0) is 14.8. The van der Waals surface area contributed by atoms with Crippen LogP contribution < -0.4 is 4.74 Å². The first-order valence-corrected chi connectivity index (χ1v) is 6.85. The van der Waals surface area contributed by atoms with E-state index < -0.39 is 0 Å². The number of methoxy groups -OCH3 is 1. The number of aryl methyl sites for hydroxylation is 1. The van der Waals surface area contributed by atoms with E-state index in [1.807, 2.05) is 6.07 Å². The van der Waals surface area contributed by atoms with Crippen LogP contribution in [0.25, 0.3) is 6.08 Å². The topological polar surface area (TPSA) is 26.3 Å². The third-order valence-corrected chi connectivity index (χ3v) is 3.70. The maximum atomic E-state index is 13.2. The maximum Gasteiger partial charge on any atom is 0.189 e. The molecule has 0 amide bonds. The van der Waals surface area contributed by atoms with Gasteiger partial charge in [0.15, 0.2) is 5.78 Å². The SMILES string of the molecule is COc1ccc2c(c1)CC/C(=C/c1cccc(F)c1)C2=O. The minimum Gasteiger partial charge on any atom is -0.497 e. The normalized spacial score (nSPS) is 15.9. The van der Waals surface area contributed by atoms with Crippen LogP contribution in [0.3, 0.4) is 0 Å². The van der Waals surface area contributed by atoms with Crippen molar-refractivity contribution in [3.63, 3.8) is 0 Å². The highest BCUT2D eigenvalue weighted by Gasteiger charge is 2.22. The quantitative estimate of drug-likeness (QED) is 0.777. The zero-order valence-corrected chi connectivity index (χ0v) is 11.7. The first kappa shape index (κ1) is 13.6. The van der Waals surface area contributed by atoms with Gasteiger partial charge >= 0.3 is 0 Å². The summed E-state index contributed by atoms with van der Waals surface area (Å²) in [6.45, 7) is 0. The Hall–Kier alpha value is -2.42. The lowest BCUT2D eigenvalue weighted by Gasteiger charge is -2.18. The van der Waals surface area contributed by atoms with E-state index >= 15 is 0 Å². The molecule has 0 saturated carbocycles. The van der Waals surface area contributed by atoms with Gasteiger partial charge in [0.1, 0.15) is 11.6 Å². The summed E-state index contributed by atoms with van der Waals surface area (Å²) in [5.41, 5.74) is 3.16. The molecule has 0 bridgehead atoms. The molecule has 2 aromatic carbocycles. The molecule has 0 fully saturated rings. The summed E-state index contributed by atoms with van der Waals surface area (Å²) in [4.78, 5) is 12.5. The van der Waals surface area contributed by atoms with E-state index in [1.54, 1.807) is 37.5 Å². The highest BCUT2D eigenvalue weighted by Crippen LogP contribution is 2.29. The Morgan fingerprint density at radius 2 is 2.00 bits per heavy atom. The van der Waals surface area contributed by atoms with Crippen molar-refractivity contribution in [2.45, 2.75) is 12.8 Å². The molecule has 0 spiro atoms. The van der Waals surface area contributed by atoms with Crippen molar-refractivity contribution < 1.29 is 13.9 Å². The minimum absolute atomic E-state index is 0.0168. The lowest BCUT2D eigenvalue weighted by molar-refractivity contribution is 0.102. The van der Waals surface area contributed by atoms with Crippen LogP contribution in [-0.2, 0) is 6.42 Å². The van der Waals surface area contributed by atoms with Gasteiger partial charge in [-0.05, 0) is 60.4 Å². The first-order valence-electron chi connectivity index (χ1n) is 6.85. The monoisotopic (exact) mass is 282 g/mol. The van der Waals surface area contributed by atoms with Crippen molar-refractivity contribution in [1.29, 1.82) is 0 Å². The molecule has 3 rings (SSSR count). The average Bonchev–Trinajstić information content (AvgIpc) is 2.50. The number of hydrogen-bond donors (Lipinski definition) is 0. The van der Waals surface area contributed by atoms with E-state index in [0.29, 0.717) is 12.0 Å². The van der Waals surface area contributed by atoms with Crippen molar-refractivity contribution in [3.8, 4) is 5.75 Å². The smallest absolute Gasteiger partial charge is 0.189 e. The lowest BCUT2D eigenvalue weighted by atomic mass is 9.86. The molecule has 0 atom stereocenters. The van der Waals surface area contributed by atoms with Gasteiger partial charge in [0.25, 0.3) is 0 Å². The van der Waals surface area contributed by atoms with Crippen molar-refractivity contribution in [2.24, 2.45) is 0 Å². The summed E-state index contributed by atoms with van der Waals surface area (Å²) in [5, 5.41) is 0. The minimum atomic E-state index is -0.294. The molecular formula is C18H15FO2. The summed E-state index contributed by atoms with van der Waals surface area (Å²) < 4.78 is 18.4. The highest BCUT2D eigenvalue weighted by molar-refractivity contribution is 6.13. The third-order valence-electron chi connectivity index (χ3n) is 3.70. The number of Topliss-reactive ketones (excluding diaryl/α,β-unsaturated/α-hetero) is 1. The van der Waals surface area contributed by atoms with Crippen molar-refractivity contribution in [2.75, 3.05) is 7.11 Å². The molecule has 0 saturated heterocycles. The number of ketones is 1. The second-order valence-electron chi connectivity index (χ2n) is 5.08. The number of fused-ring (bicyclic) bond motifs is 1. The zero-order valence-electron chi connectivity index (χ0n) is 11.7. The molecule has 1 aliphatic carbocycles. The molecule has 0 unspecified atom stereocenters. The molecule has 0 N–H and O–H groups in total. The lowest BCUT2D eigenvalue weighted by Crippen LogP contribution is -2.14. The number of carbonyl (C=O) groups excluding carboxylic acids is 1. The summed E-state index contributed by atoms with van der Waals surface area (Å²) >= 11 is 0. The van der Waals surface area contributed by atoms with Crippen LogP contribution in [0.1, 0.15) is 27.9 Å². The summed E-state index contributed by atoms with van der Waals surface area (Å²) in [7, 11) is 1.61. The van der Waals surface area contributed by atoms with Gasteiger partial charge in [-0.2, -0.15) is 0 Å². The Balaban J connectivity index is 1.95. The van der Waals surface area contributed by atoms with Crippen molar-refractivity contribution >= 4 is 11.9 Å². The van der Waals surface area contributed by atoms with Crippen LogP contribution in [0.4, 0.5) is 4.39 Å². The Bertz CT molecular complexity index is 732. The summed E-state index contributed by atoms with van der Waals surface area (Å²) in [6, 6.07) is 11.8. The fourth-order valence-corrected chi connectivity index (χ4v) is 2.62. The standard InChI is InChI=1S/C18H15FO2/c1-21-16-7-8-17-13(11-16)5-6-14(18(17)20)9-12-3-2-4-15(19)10-12/h2-4,7-11H,5-6H2,1H3/b14-9-. The van der Waals surface area contributed by atoms with Gasteiger partial charge in [0.05, 0.1) is 7.11 Å². The van der Waals surface area contributed by atoms with E-state index in [9.17, 15) is 9.18 Å². The van der Waals surface area contributed by atoms with Gasteiger partial charge in [0.2, 0.25) is 0 Å². The Kier molecular flexibility index (Phi) is 3.57. The predicted octanol–water partition coefficient (Wildman–Crippen LogP) is 4.05. The Morgan fingerprint density at radius 1 is 1.14 bits per heavy atom.